The number of aliphatic imine (C=N–C) groups is 1. The summed E-state index contributed by atoms with van der Waals surface area (Å²) in [4.78, 5) is 17.5. The molecule has 1 amide bonds. The molecule has 5 nitrogen and oxygen atoms in total. The molecule has 1 aliphatic heterocycles. The van der Waals surface area contributed by atoms with Gasteiger partial charge >= 0.3 is 0 Å². The summed E-state index contributed by atoms with van der Waals surface area (Å²) in [6.45, 7) is 0.659. The zero-order chi connectivity index (χ0) is 17.3. The summed E-state index contributed by atoms with van der Waals surface area (Å²) in [6, 6.07) is 5.07. The molecule has 0 aromatic heterocycles. The Morgan fingerprint density at radius 1 is 1.40 bits per heavy atom. The largest absolute Gasteiger partial charge is 0.353 e. The molecular formula is C17H23ClFIN4O. The van der Waals surface area contributed by atoms with Crippen LogP contribution in [0.4, 0.5) is 4.39 Å². The van der Waals surface area contributed by atoms with Gasteiger partial charge in [0.1, 0.15) is 5.82 Å². The Kier molecular flexibility index (Phi) is 6.90. The number of rotatable bonds is 3. The first-order valence-electron chi connectivity index (χ1n) is 8.17. The lowest BCUT2D eigenvalue weighted by atomic mass is 10.1. The molecule has 138 valence electrons. The van der Waals surface area contributed by atoms with Gasteiger partial charge in [0.05, 0.1) is 0 Å². The maximum Gasteiger partial charge on any atom is 0.222 e. The number of benzene rings is 1. The van der Waals surface area contributed by atoms with Crippen LogP contribution in [0, 0.1) is 5.82 Å². The minimum absolute atomic E-state index is 0. The van der Waals surface area contributed by atoms with E-state index in [9.17, 15) is 9.18 Å². The molecule has 2 aliphatic rings. The van der Waals surface area contributed by atoms with Crippen LogP contribution >= 0.6 is 35.6 Å². The molecule has 3 rings (SSSR count). The Labute approximate surface area is 169 Å². The van der Waals surface area contributed by atoms with E-state index in [1.807, 2.05) is 7.05 Å². The van der Waals surface area contributed by atoms with Crippen LogP contribution in [0.3, 0.4) is 0 Å². The molecule has 0 spiro atoms. The van der Waals surface area contributed by atoms with E-state index in [0.717, 1.165) is 12.8 Å². The lowest BCUT2D eigenvalue weighted by molar-refractivity contribution is -0.132. The highest BCUT2D eigenvalue weighted by atomic mass is 127. The van der Waals surface area contributed by atoms with Crippen LogP contribution < -0.4 is 10.6 Å². The number of likely N-dealkylation sites (N-methyl/N-ethyl adjacent to an activating group) is 1. The first-order chi connectivity index (χ1) is 11.5. The SMILES string of the molecule is CN=C(NC1CCC(=O)N(C)C1)NC1CC1c1c(F)cccc1Cl.I. The van der Waals surface area contributed by atoms with Gasteiger partial charge in [0.15, 0.2) is 5.96 Å². The van der Waals surface area contributed by atoms with Crippen molar-refractivity contribution in [3.8, 4) is 0 Å². The fourth-order valence-corrected chi connectivity index (χ4v) is 3.51. The van der Waals surface area contributed by atoms with Gasteiger partial charge < -0.3 is 15.5 Å². The standard InChI is InChI=1S/C17H22ClFN4O.HI/c1-20-17(21-10-6-7-15(24)23(2)9-10)22-14-8-11(14)16-12(18)4-3-5-13(16)19;/h3-5,10-11,14H,6-9H2,1-2H3,(H2,20,21,22);1H. The number of guanidine groups is 1. The normalized spacial score (nSPS) is 26.1. The van der Waals surface area contributed by atoms with Gasteiger partial charge in [-0.05, 0) is 25.0 Å². The minimum Gasteiger partial charge on any atom is -0.353 e. The number of carbonyl (C=O) groups is 1. The molecule has 1 aliphatic carbocycles. The number of likely N-dealkylation sites (tertiary alicyclic amines) is 1. The van der Waals surface area contributed by atoms with Gasteiger partial charge in [0.2, 0.25) is 5.91 Å². The van der Waals surface area contributed by atoms with E-state index in [1.165, 1.54) is 6.07 Å². The Bertz CT molecular complexity index is 652. The van der Waals surface area contributed by atoms with Crippen LogP contribution in [-0.4, -0.2) is 49.5 Å². The summed E-state index contributed by atoms with van der Waals surface area (Å²) in [5.41, 5.74) is 0.579. The van der Waals surface area contributed by atoms with Gasteiger partial charge in [-0.2, -0.15) is 0 Å². The zero-order valence-electron chi connectivity index (χ0n) is 14.3. The third-order valence-corrected chi connectivity index (χ3v) is 5.00. The number of hydrogen-bond donors (Lipinski definition) is 2. The topological polar surface area (TPSA) is 56.7 Å². The van der Waals surface area contributed by atoms with Crippen LogP contribution in [0.5, 0.6) is 0 Å². The summed E-state index contributed by atoms with van der Waals surface area (Å²) in [5, 5.41) is 7.15. The van der Waals surface area contributed by atoms with Crippen LogP contribution in [0.1, 0.15) is 30.7 Å². The van der Waals surface area contributed by atoms with Gasteiger partial charge in [0.25, 0.3) is 0 Å². The van der Waals surface area contributed by atoms with Crippen molar-refractivity contribution >= 4 is 47.4 Å². The Morgan fingerprint density at radius 2 is 2.16 bits per heavy atom. The first-order valence-corrected chi connectivity index (χ1v) is 8.55. The van der Waals surface area contributed by atoms with Crippen molar-refractivity contribution in [3.63, 3.8) is 0 Å². The highest BCUT2D eigenvalue weighted by Gasteiger charge is 2.42. The highest BCUT2D eigenvalue weighted by molar-refractivity contribution is 14.0. The van der Waals surface area contributed by atoms with Crippen LogP contribution in [0.25, 0.3) is 0 Å². The number of piperidine rings is 1. The van der Waals surface area contributed by atoms with Gasteiger partial charge in [0, 0.05) is 55.6 Å². The van der Waals surface area contributed by atoms with E-state index >= 15 is 0 Å². The second kappa shape index (κ2) is 8.53. The average molecular weight is 481 g/mol. The fourth-order valence-electron chi connectivity index (χ4n) is 3.21. The molecule has 2 fully saturated rings. The lowest BCUT2D eigenvalue weighted by Crippen LogP contribution is -2.52. The minimum atomic E-state index is -0.257. The van der Waals surface area contributed by atoms with E-state index in [-0.39, 0.29) is 53.7 Å². The molecular weight excluding hydrogens is 458 g/mol. The van der Waals surface area contributed by atoms with E-state index < -0.39 is 0 Å². The quantitative estimate of drug-likeness (QED) is 0.397. The summed E-state index contributed by atoms with van der Waals surface area (Å²) >= 11 is 6.13. The predicted molar refractivity (Wildman–Crippen MR) is 108 cm³/mol. The van der Waals surface area contributed by atoms with Crippen molar-refractivity contribution in [1.82, 2.24) is 15.5 Å². The van der Waals surface area contributed by atoms with Crippen molar-refractivity contribution in [2.45, 2.75) is 37.3 Å². The Morgan fingerprint density at radius 3 is 2.80 bits per heavy atom. The molecule has 1 saturated carbocycles. The van der Waals surface area contributed by atoms with Crippen molar-refractivity contribution in [3.05, 3.63) is 34.6 Å². The number of nitrogens with zero attached hydrogens (tertiary/aromatic N) is 2. The van der Waals surface area contributed by atoms with Crippen LogP contribution in [0.2, 0.25) is 5.02 Å². The molecule has 1 saturated heterocycles. The second-order valence-electron chi connectivity index (χ2n) is 6.45. The number of halogens is 3. The number of carbonyl (C=O) groups excluding carboxylic acids is 1. The zero-order valence-corrected chi connectivity index (χ0v) is 17.3. The first kappa shape index (κ1) is 20.2. The summed E-state index contributed by atoms with van der Waals surface area (Å²) < 4.78 is 14.0. The fraction of sp³-hybridized carbons (Fsp3) is 0.529. The van der Waals surface area contributed by atoms with Crippen molar-refractivity contribution in [2.75, 3.05) is 20.6 Å². The van der Waals surface area contributed by atoms with E-state index in [0.29, 0.717) is 29.5 Å². The third kappa shape index (κ3) is 4.75. The molecule has 1 aromatic carbocycles. The van der Waals surface area contributed by atoms with Gasteiger partial charge in [-0.1, -0.05) is 17.7 Å². The van der Waals surface area contributed by atoms with E-state index in [2.05, 4.69) is 15.6 Å². The lowest BCUT2D eigenvalue weighted by Gasteiger charge is -2.31. The van der Waals surface area contributed by atoms with Crippen LogP contribution in [0.15, 0.2) is 23.2 Å². The second-order valence-corrected chi connectivity index (χ2v) is 6.86. The predicted octanol–water partition coefficient (Wildman–Crippen LogP) is 2.74. The van der Waals surface area contributed by atoms with Crippen molar-refractivity contribution in [2.24, 2.45) is 4.99 Å². The maximum absolute atomic E-state index is 14.0. The molecule has 1 heterocycles. The number of amides is 1. The maximum atomic E-state index is 14.0. The molecule has 0 radical (unpaired) electrons. The number of hydrogen-bond acceptors (Lipinski definition) is 2. The molecule has 1 aromatic rings. The summed E-state index contributed by atoms with van der Waals surface area (Å²) in [6.07, 6.45) is 2.16. The Hall–Kier alpha value is -1.09. The van der Waals surface area contributed by atoms with Gasteiger partial charge in [-0.25, -0.2) is 4.39 Å². The van der Waals surface area contributed by atoms with Crippen molar-refractivity contribution < 1.29 is 9.18 Å². The van der Waals surface area contributed by atoms with Gasteiger partial charge in [-0.3, -0.25) is 9.79 Å². The molecule has 2 N–H and O–H groups in total. The summed E-state index contributed by atoms with van der Waals surface area (Å²) in [7, 11) is 3.52. The molecule has 0 bridgehead atoms. The molecule has 3 atom stereocenters. The Balaban J connectivity index is 0.00000225. The van der Waals surface area contributed by atoms with Gasteiger partial charge in [-0.15, -0.1) is 24.0 Å². The monoisotopic (exact) mass is 480 g/mol. The molecule has 3 unspecified atom stereocenters. The van der Waals surface area contributed by atoms with Crippen LogP contribution in [-0.2, 0) is 4.79 Å². The van der Waals surface area contributed by atoms with E-state index in [4.69, 9.17) is 11.6 Å². The summed E-state index contributed by atoms with van der Waals surface area (Å²) in [5.74, 6) is 0.662. The third-order valence-electron chi connectivity index (χ3n) is 4.67. The number of nitrogens with one attached hydrogen (secondary N) is 2. The van der Waals surface area contributed by atoms with E-state index in [1.54, 1.807) is 24.1 Å². The van der Waals surface area contributed by atoms with Crippen molar-refractivity contribution in [1.29, 1.82) is 0 Å². The smallest absolute Gasteiger partial charge is 0.222 e. The molecule has 8 heteroatoms. The molecule has 25 heavy (non-hydrogen) atoms. The average Bonchev–Trinajstić information content (AvgIpc) is 3.29. The highest BCUT2D eigenvalue weighted by Crippen LogP contribution is 2.44.